The van der Waals surface area contributed by atoms with E-state index >= 15 is 0 Å². The number of ether oxygens (including phenoxy) is 1. The third kappa shape index (κ3) is 2.65. The Hall–Kier alpha value is -1.73. The lowest BCUT2D eigenvalue weighted by atomic mass is 10.2. The normalized spacial score (nSPS) is 8.92. The lowest BCUT2D eigenvalue weighted by Crippen LogP contribution is -2.16. The summed E-state index contributed by atoms with van der Waals surface area (Å²) >= 11 is 5.63. The molecule has 0 fully saturated rings. The second kappa shape index (κ2) is 3.78. The van der Waals surface area contributed by atoms with E-state index in [1.165, 1.54) is 18.2 Å². The number of nitrogens with zero attached hydrogens (tertiary/aromatic N) is 1. The van der Waals surface area contributed by atoms with E-state index in [9.17, 15) is 4.79 Å². The Morgan fingerprint density at radius 2 is 2.23 bits per heavy atom. The minimum absolute atomic E-state index is 0.163. The molecule has 2 N–H and O–H groups in total. The molecule has 66 valence electrons. The molecule has 13 heavy (non-hydrogen) atoms. The summed E-state index contributed by atoms with van der Waals surface area (Å²) in [4.78, 5) is 10.4. The molecular weight excluding hydrogens is 192 g/mol. The van der Waals surface area contributed by atoms with E-state index in [4.69, 9.17) is 22.6 Å². The van der Waals surface area contributed by atoms with E-state index in [1.54, 1.807) is 0 Å². The molecule has 0 atom stereocenters. The Labute approximate surface area is 79.5 Å². The molecule has 0 saturated carbocycles. The zero-order chi connectivity index (χ0) is 9.84. The maximum Gasteiger partial charge on any atom is 0.409 e. The molecule has 0 aliphatic heterocycles. The van der Waals surface area contributed by atoms with E-state index < -0.39 is 6.09 Å². The fraction of sp³-hybridized carbons (Fsp3) is 0. The average molecular weight is 197 g/mol. The number of benzene rings is 1. The summed E-state index contributed by atoms with van der Waals surface area (Å²) in [5.74, 6) is 0.163. The number of carbonyl (C=O) groups is 1. The van der Waals surface area contributed by atoms with Crippen molar-refractivity contribution in [3.05, 3.63) is 28.8 Å². The molecule has 5 heteroatoms. The first-order valence-electron chi connectivity index (χ1n) is 3.30. The molecule has 0 heterocycles. The fourth-order valence-electron chi connectivity index (χ4n) is 0.802. The lowest BCUT2D eigenvalue weighted by molar-refractivity contribution is 0.211. The van der Waals surface area contributed by atoms with Crippen molar-refractivity contribution < 1.29 is 9.53 Å². The maximum absolute atomic E-state index is 10.4. The molecule has 1 rings (SSSR count). The van der Waals surface area contributed by atoms with Gasteiger partial charge in [-0.1, -0.05) is 11.6 Å². The van der Waals surface area contributed by atoms with Gasteiger partial charge in [-0.05, 0) is 18.2 Å². The van der Waals surface area contributed by atoms with Gasteiger partial charge in [-0.25, -0.2) is 4.79 Å². The van der Waals surface area contributed by atoms with Gasteiger partial charge < -0.3 is 10.5 Å². The van der Waals surface area contributed by atoms with Gasteiger partial charge in [-0.2, -0.15) is 5.26 Å². The summed E-state index contributed by atoms with van der Waals surface area (Å²) in [7, 11) is 0. The van der Waals surface area contributed by atoms with Crippen molar-refractivity contribution in [2.24, 2.45) is 5.73 Å². The molecular formula is C8H5ClN2O2. The average Bonchev–Trinajstić information content (AvgIpc) is 2.01. The predicted molar refractivity (Wildman–Crippen MR) is 46.4 cm³/mol. The van der Waals surface area contributed by atoms with Crippen LogP contribution in [0.15, 0.2) is 18.2 Å². The molecule has 0 unspecified atom stereocenters. The molecule has 1 amide bonds. The second-order valence-corrected chi connectivity index (χ2v) is 2.64. The van der Waals surface area contributed by atoms with Gasteiger partial charge in [0.05, 0.1) is 11.6 Å². The van der Waals surface area contributed by atoms with Gasteiger partial charge >= 0.3 is 6.09 Å². The molecule has 0 aliphatic rings. The monoisotopic (exact) mass is 196 g/mol. The molecule has 0 spiro atoms. The molecule has 1 aromatic rings. The van der Waals surface area contributed by atoms with Crippen molar-refractivity contribution in [3.63, 3.8) is 0 Å². The fourth-order valence-corrected chi connectivity index (χ4v) is 1.03. The van der Waals surface area contributed by atoms with Crippen molar-refractivity contribution in [3.8, 4) is 11.8 Å². The van der Waals surface area contributed by atoms with Gasteiger partial charge in [0.1, 0.15) is 5.75 Å². The number of carbonyl (C=O) groups excluding carboxylic acids is 1. The highest BCUT2D eigenvalue weighted by Gasteiger charge is 2.02. The smallest absolute Gasteiger partial charge is 0.409 e. The first kappa shape index (κ1) is 9.36. The number of primary amides is 1. The van der Waals surface area contributed by atoms with Crippen LogP contribution in [0.2, 0.25) is 5.02 Å². The molecule has 0 aliphatic carbocycles. The van der Waals surface area contributed by atoms with Crippen molar-refractivity contribution in [2.75, 3.05) is 0 Å². The van der Waals surface area contributed by atoms with Crippen molar-refractivity contribution in [2.45, 2.75) is 0 Å². The molecule has 0 saturated heterocycles. The Morgan fingerprint density at radius 1 is 1.54 bits per heavy atom. The Morgan fingerprint density at radius 3 is 2.77 bits per heavy atom. The van der Waals surface area contributed by atoms with E-state index in [0.29, 0.717) is 10.6 Å². The van der Waals surface area contributed by atoms with Gasteiger partial charge in [0.15, 0.2) is 0 Å². The van der Waals surface area contributed by atoms with Gasteiger partial charge in [0, 0.05) is 5.02 Å². The highest BCUT2D eigenvalue weighted by molar-refractivity contribution is 6.30. The Balaban J connectivity index is 3.03. The van der Waals surface area contributed by atoms with Gasteiger partial charge in [-0.15, -0.1) is 0 Å². The van der Waals surface area contributed by atoms with Crippen LogP contribution < -0.4 is 10.5 Å². The minimum Gasteiger partial charge on any atom is -0.410 e. The van der Waals surface area contributed by atoms with Crippen LogP contribution in [-0.4, -0.2) is 6.09 Å². The third-order valence-corrected chi connectivity index (χ3v) is 1.44. The number of hydrogen-bond acceptors (Lipinski definition) is 3. The quantitative estimate of drug-likeness (QED) is 0.742. The summed E-state index contributed by atoms with van der Waals surface area (Å²) in [6.07, 6.45) is -0.939. The molecule has 0 radical (unpaired) electrons. The van der Waals surface area contributed by atoms with E-state index in [-0.39, 0.29) is 5.75 Å². The van der Waals surface area contributed by atoms with Crippen LogP contribution in [0, 0.1) is 11.3 Å². The van der Waals surface area contributed by atoms with Crippen LogP contribution >= 0.6 is 11.6 Å². The summed E-state index contributed by atoms with van der Waals surface area (Å²) in [6.45, 7) is 0. The van der Waals surface area contributed by atoms with Crippen LogP contribution in [0.5, 0.6) is 5.75 Å². The molecule has 0 aromatic heterocycles. The standard InChI is InChI=1S/C8H5ClN2O2/c9-6-1-5(4-10)2-7(3-6)13-8(11)12/h1-3H,(H2,11,12). The topological polar surface area (TPSA) is 76.1 Å². The Bertz CT molecular complexity index is 384. The van der Waals surface area contributed by atoms with Crippen molar-refractivity contribution in [1.82, 2.24) is 0 Å². The lowest BCUT2D eigenvalue weighted by Gasteiger charge is -2.00. The SMILES string of the molecule is N#Cc1cc(Cl)cc(OC(N)=O)c1. The van der Waals surface area contributed by atoms with Crippen LogP contribution in [0.3, 0.4) is 0 Å². The maximum atomic E-state index is 10.4. The highest BCUT2D eigenvalue weighted by atomic mass is 35.5. The van der Waals surface area contributed by atoms with Crippen molar-refractivity contribution in [1.29, 1.82) is 5.26 Å². The number of rotatable bonds is 1. The summed E-state index contributed by atoms with van der Waals surface area (Å²) in [5, 5.41) is 8.86. The largest absolute Gasteiger partial charge is 0.410 e. The van der Waals surface area contributed by atoms with Crippen molar-refractivity contribution >= 4 is 17.7 Å². The predicted octanol–water partition coefficient (Wildman–Crippen LogP) is 1.67. The zero-order valence-electron chi connectivity index (χ0n) is 6.45. The van der Waals surface area contributed by atoms with Crippen LogP contribution in [0.4, 0.5) is 4.79 Å². The highest BCUT2D eigenvalue weighted by Crippen LogP contribution is 2.20. The van der Waals surface area contributed by atoms with E-state index in [0.717, 1.165) is 0 Å². The van der Waals surface area contributed by atoms with Crippen LogP contribution in [0.25, 0.3) is 0 Å². The first-order chi connectivity index (χ1) is 6.11. The third-order valence-electron chi connectivity index (χ3n) is 1.22. The zero-order valence-corrected chi connectivity index (χ0v) is 7.21. The molecule has 0 bridgehead atoms. The number of amides is 1. The number of halogens is 1. The van der Waals surface area contributed by atoms with Gasteiger partial charge in [0.2, 0.25) is 0 Å². The van der Waals surface area contributed by atoms with E-state index in [1.807, 2.05) is 6.07 Å². The minimum atomic E-state index is -0.939. The van der Waals surface area contributed by atoms with E-state index in [2.05, 4.69) is 4.74 Å². The summed E-state index contributed by atoms with van der Waals surface area (Å²) in [5.41, 5.74) is 5.09. The summed E-state index contributed by atoms with van der Waals surface area (Å²) < 4.78 is 4.54. The summed E-state index contributed by atoms with van der Waals surface area (Å²) in [6, 6.07) is 6.09. The molecule has 1 aromatic carbocycles. The van der Waals surface area contributed by atoms with Gasteiger partial charge in [-0.3, -0.25) is 0 Å². The second-order valence-electron chi connectivity index (χ2n) is 2.21. The first-order valence-corrected chi connectivity index (χ1v) is 3.67. The number of hydrogen-bond donors (Lipinski definition) is 1. The van der Waals surface area contributed by atoms with Crippen LogP contribution in [0.1, 0.15) is 5.56 Å². The number of nitriles is 1. The van der Waals surface area contributed by atoms with Crippen LogP contribution in [-0.2, 0) is 0 Å². The Kier molecular flexibility index (Phi) is 2.72. The number of nitrogens with two attached hydrogens (primary N) is 1. The van der Waals surface area contributed by atoms with Gasteiger partial charge in [0.25, 0.3) is 0 Å². The molecule has 4 nitrogen and oxygen atoms in total.